The molecule has 7 nitrogen and oxygen atoms in total. The summed E-state index contributed by atoms with van der Waals surface area (Å²) in [4.78, 5) is 25.0. The number of aryl methyl sites for hydroxylation is 1. The minimum atomic E-state index is -0.463. The number of carbonyl (C=O) groups excluding carboxylic acids is 2. The number of nitrogen functional groups attached to an aromatic ring is 1. The summed E-state index contributed by atoms with van der Waals surface area (Å²) in [6, 6.07) is 0. The maximum Gasteiger partial charge on any atom is 0.325 e. The number of esters is 1. The first kappa shape index (κ1) is 15.0. The molecule has 1 rings (SSSR count). The molecule has 7 heteroatoms. The van der Waals surface area contributed by atoms with Crippen LogP contribution in [0.1, 0.15) is 30.8 Å². The van der Waals surface area contributed by atoms with Crippen LogP contribution in [-0.4, -0.2) is 46.8 Å². The minimum Gasteiger partial charge on any atom is -0.468 e. The van der Waals surface area contributed by atoms with E-state index in [0.717, 1.165) is 6.42 Å². The molecule has 0 fully saturated rings. The van der Waals surface area contributed by atoms with Crippen molar-refractivity contribution in [2.75, 3.05) is 25.9 Å². The van der Waals surface area contributed by atoms with E-state index in [0.29, 0.717) is 18.8 Å². The van der Waals surface area contributed by atoms with Crippen molar-refractivity contribution in [1.29, 1.82) is 0 Å². The average Bonchev–Trinajstić information content (AvgIpc) is 2.78. The fourth-order valence-corrected chi connectivity index (χ4v) is 1.66. The van der Waals surface area contributed by atoms with Gasteiger partial charge in [-0.25, -0.2) is 0 Å². The van der Waals surface area contributed by atoms with E-state index < -0.39 is 5.97 Å². The molecular formula is C12H20N4O3. The number of hydrogen-bond donors (Lipinski definition) is 1. The number of anilines is 1. The van der Waals surface area contributed by atoms with Crippen LogP contribution in [0.5, 0.6) is 0 Å². The molecule has 0 aromatic carbocycles. The van der Waals surface area contributed by atoms with Crippen molar-refractivity contribution < 1.29 is 14.3 Å². The van der Waals surface area contributed by atoms with E-state index in [1.165, 1.54) is 12.0 Å². The van der Waals surface area contributed by atoms with E-state index >= 15 is 0 Å². The lowest BCUT2D eigenvalue weighted by Gasteiger charge is -2.19. The third-order valence-electron chi connectivity index (χ3n) is 2.64. The molecule has 1 aromatic heterocycles. The second-order valence-electron chi connectivity index (χ2n) is 4.09. The first-order chi connectivity index (χ1) is 9.03. The van der Waals surface area contributed by atoms with Crippen molar-refractivity contribution in [3.8, 4) is 0 Å². The lowest BCUT2D eigenvalue weighted by Crippen LogP contribution is -2.37. The first-order valence-corrected chi connectivity index (χ1v) is 6.22. The highest BCUT2D eigenvalue weighted by Crippen LogP contribution is 2.12. The van der Waals surface area contributed by atoms with Gasteiger partial charge in [0.2, 0.25) is 0 Å². The average molecular weight is 268 g/mol. The molecule has 0 radical (unpaired) electrons. The Morgan fingerprint density at radius 2 is 2.16 bits per heavy atom. The predicted octanol–water partition coefficient (Wildman–Crippen LogP) is 0.510. The largest absolute Gasteiger partial charge is 0.468 e. The summed E-state index contributed by atoms with van der Waals surface area (Å²) < 4.78 is 6.17. The van der Waals surface area contributed by atoms with E-state index in [9.17, 15) is 9.59 Å². The fraction of sp³-hybridized carbons (Fsp3) is 0.583. The van der Waals surface area contributed by atoms with E-state index in [1.54, 1.807) is 10.9 Å². The highest BCUT2D eigenvalue weighted by Gasteiger charge is 2.23. The normalized spacial score (nSPS) is 10.3. The molecular weight excluding hydrogens is 248 g/mol. The van der Waals surface area contributed by atoms with Crippen molar-refractivity contribution in [1.82, 2.24) is 14.7 Å². The Hall–Kier alpha value is -2.05. The van der Waals surface area contributed by atoms with E-state index in [2.05, 4.69) is 9.84 Å². The topological polar surface area (TPSA) is 90.5 Å². The molecule has 1 heterocycles. The van der Waals surface area contributed by atoms with Crippen molar-refractivity contribution in [3.05, 3.63) is 11.9 Å². The Morgan fingerprint density at radius 3 is 2.63 bits per heavy atom. The van der Waals surface area contributed by atoms with Crippen LogP contribution in [0.4, 0.5) is 5.69 Å². The monoisotopic (exact) mass is 268 g/mol. The molecule has 0 aliphatic rings. The molecule has 0 saturated heterocycles. The second kappa shape index (κ2) is 6.77. The quantitative estimate of drug-likeness (QED) is 0.759. The molecule has 19 heavy (non-hydrogen) atoms. The van der Waals surface area contributed by atoms with Crippen LogP contribution < -0.4 is 5.73 Å². The standard InChI is InChI=1S/C12H20N4O3/c1-4-6-15(8-10(17)19-3)12(18)11-9(13)7-16(5-2)14-11/h7H,4-6,8,13H2,1-3H3. The van der Waals surface area contributed by atoms with Crippen LogP contribution in [0.25, 0.3) is 0 Å². The molecule has 106 valence electrons. The predicted molar refractivity (Wildman–Crippen MR) is 70.5 cm³/mol. The van der Waals surface area contributed by atoms with Crippen LogP contribution >= 0.6 is 0 Å². The Morgan fingerprint density at radius 1 is 1.47 bits per heavy atom. The molecule has 0 atom stereocenters. The second-order valence-corrected chi connectivity index (χ2v) is 4.09. The van der Waals surface area contributed by atoms with Crippen molar-refractivity contribution >= 4 is 17.6 Å². The van der Waals surface area contributed by atoms with Crippen LogP contribution in [0, 0.1) is 0 Å². The van der Waals surface area contributed by atoms with Crippen LogP contribution in [0.2, 0.25) is 0 Å². The van der Waals surface area contributed by atoms with Crippen LogP contribution in [-0.2, 0) is 16.1 Å². The Labute approximate surface area is 112 Å². The summed E-state index contributed by atoms with van der Waals surface area (Å²) in [6.07, 6.45) is 2.34. The van der Waals surface area contributed by atoms with Gasteiger partial charge in [0.1, 0.15) is 6.54 Å². The molecule has 0 saturated carbocycles. The number of aromatic nitrogens is 2. The summed E-state index contributed by atoms with van der Waals surface area (Å²) in [6.45, 7) is 4.81. The number of rotatable bonds is 6. The number of carbonyl (C=O) groups is 2. The van der Waals surface area contributed by atoms with Gasteiger partial charge in [0.05, 0.1) is 12.8 Å². The minimum absolute atomic E-state index is 0.0956. The molecule has 0 bridgehead atoms. The SMILES string of the molecule is CCCN(CC(=O)OC)C(=O)c1nn(CC)cc1N. The fourth-order valence-electron chi connectivity index (χ4n) is 1.66. The number of nitrogens with two attached hydrogens (primary N) is 1. The van der Waals surface area contributed by atoms with Crippen molar-refractivity contribution in [3.63, 3.8) is 0 Å². The molecule has 0 spiro atoms. The highest BCUT2D eigenvalue weighted by atomic mass is 16.5. The van der Waals surface area contributed by atoms with Gasteiger partial charge in [0, 0.05) is 19.3 Å². The van der Waals surface area contributed by atoms with E-state index in [1.807, 2.05) is 13.8 Å². The van der Waals surface area contributed by atoms with Gasteiger partial charge in [-0.05, 0) is 13.3 Å². The van der Waals surface area contributed by atoms with E-state index in [4.69, 9.17) is 5.73 Å². The highest BCUT2D eigenvalue weighted by molar-refractivity contribution is 5.98. The zero-order valence-electron chi connectivity index (χ0n) is 11.5. The zero-order valence-corrected chi connectivity index (χ0v) is 11.5. The summed E-state index contributed by atoms with van der Waals surface area (Å²) in [5, 5.41) is 4.11. The smallest absolute Gasteiger partial charge is 0.325 e. The van der Waals surface area contributed by atoms with Gasteiger partial charge in [-0.15, -0.1) is 0 Å². The van der Waals surface area contributed by atoms with Gasteiger partial charge >= 0.3 is 5.97 Å². The van der Waals surface area contributed by atoms with E-state index in [-0.39, 0.29) is 18.1 Å². The van der Waals surface area contributed by atoms with Crippen LogP contribution in [0.15, 0.2) is 6.20 Å². The molecule has 2 N–H and O–H groups in total. The van der Waals surface area contributed by atoms with Gasteiger partial charge in [-0.2, -0.15) is 5.10 Å². The first-order valence-electron chi connectivity index (χ1n) is 6.22. The number of amides is 1. The van der Waals surface area contributed by atoms with Gasteiger partial charge in [0.15, 0.2) is 5.69 Å². The van der Waals surface area contributed by atoms with Crippen molar-refractivity contribution in [2.45, 2.75) is 26.8 Å². The molecule has 1 aromatic rings. The number of hydrogen-bond acceptors (Lipinski definition) is 5. The lowest BCUT2D eigenvalue weighted by atomic mass is 10.3. The molecule has 1 amide bonds. The van der Waals surface area contributed by atoms with Gasteiger partial charge in [-0.3, -0.25) is 14.3 Å². The molecule has 0 aliphatic heterocycles. The summed E-state index contributed by atoms with van der Waals surface area (Å²) >= 11 is 0. The number of methoxy groups -OCH3 is 1. The Bertz CT molecular complexity index is 456. The third kappa shape index (κ3) is 3.70. The summed E-state index contributed by atoms with van der Waals surface area (Å²) in [5.74, 6) is -0.813. The zero-order chi connectivity index (χ0) is 14.4. The molecule has 0 unspecified atom stereocenters. The van der Waals surface area contributed by atoms with Crippen LogP contribution in [0.3, 0.4) is 0 Å². The van der Waals surface area contributed by atoms with Crippen molar-refractivity contribution in [2.24, 2.45) is 0 Å². The Kier molecular flexibility index (Phi) is 5.35. The van der Waals surface area contributed by atoms with Gasteiger partial charge < -0.3 is 15.4 Å². The Balaban J connectivity index is 2.91. The third-order valence-corrected chi connectivity index (χ3v) is 2.64. The number of ether oxygens (including phenoxy) is 1. The number of nitrogens with zero attached hydrogens (tertiary/aromatic N) is 3. The summed E-state index contributed by atoms with van der Waals surface area (Å²) in [7, 11) is 1.29. The maximum atomic E-state index is 12.3. The van der Waals surface area contributed by atoms with Gasteiger partial charge in [0.25, 0.3) is 5.91 Å². The maximum absolute atomic E-state index is 12.3. The molecule has 0 aliphatic carbocycles. The lowest BCUT2D eigenvalue weighted by molar-refractivity contribution is -0.141. The summed E-state index contributed by atoms with van der Waals surface area (Å²) in [5.41, 5.74) is 6.27. The van der Waals surface area contributed by atoms with Gasteiger partial charge in [-0.1, -0.05) is 6.92 Å².